The van der Waals surface area contributed by atoms with Gasteiger partial charge in [0, 0.05) is 12.6 Å². The summed E-state index contributed by atoms with van der Waals surface area (Å²) in [6.07, 6.45) is 8.48. The van der Waals surface area contributed by atoms with Crippen molar-refractivity contribution in [3.05, 3.63) is 24.3 Å². The largest absolute Gasteiger partial charge is 0.424 e. The van der Waals surface area contributed by atoms with Crippen molar-refractivity contribution < 1.29 is 9.15 Å². The van der Waals surface area contributed by atoms with Crippen LogP contribution in [0.5, 0.6) is 0 Å². The third-order valence-corrected chi connectivity index (χ3v) is 4.88. The molecule has 4 nitrogen and oxygen atoms in total. The standard InChI is InChI=1S/C17H22N2O2/c1-4-9-17(10-5-1)12-13(8-11-20-17)18-16-19-14-6-2-3-7-15(14)21-16/h2-3,6-7,13H,1,4-5,8-12H2,(H,18,19). The lowest BCUT2D eigenvalue weighted by atomic mass is 9.78. The molecular formula is C17H22N2O2. The Morgan fingerprint density at radius 2 is 2.00 bits per heavy atom. The number of rotatable bonds is 2. The van der Waals surface area contributed by atoms with Gasteiger partial charge in [-0.3, -0.25) is 0 Å². The summed E-state index contributed by atoms with van der Waals surface area (Å²) in [7, 11) is 0. The molecule has 1 N–H and O–H groups in total. The van der Waals surface area contributed by atoms with Crippen LogP contribution in [0, 0.1) is 0 Å². The fraction of sp³-hybridized carbons (Fsp3) is 0.588. The van der Waals surface area contributed by atoms with Crippen LogP contribution in [0.4, 0.5) is 6.01 Å². The predicted molar refractivity (Wildman–Crippen MR) is 82.4 cm³/mol. The Balaban J connectivity index is 1.48. The number of nitrogens with one attached hydrogen (secondary N) is 1. The van der Waals surface area contributed by atoms with E-state index >= 15 is 0 Å². The van der Waals surface area contributed by atoms with Gasteiger partial charge in [-0.15, -0.1) is 0 Å². The minimum absolute atomic E-state index is 0.111. The van der Waals surface area contributed by atoms with Gasteiger partial charge in [0.05, 0.1) is 5.60 Å². The van der Waals surface area contributed by atoms with Crippen LogP contribution in [-0.2, 0) is 4.74 Å². The molecule has 1 unspecified atom stereocenters. The molecule has 4 rings (SSSR count). The maximum absolute atomic E-state index is 6.14. The highest BCUT2D eigenvalue weighted by Gasteiger charge is 2.38. The third kappa shape index (κ3) is 2.64. The fourth-order valence-electron chi connectivity index (χ4n) is 3.80. The van der Waals surface area contributed by atoms with E-state index in [2.05, 4.69) is 10.3 Å². The summed E-state index contributed by atoms with van der Waals surface area (Å²) < 4.78 is 11.9. The number of anilines is 1. The Morgan fingerprint density at radius 1 is 1.14 bits per heavy atom. The van der Waals surface area contributed by atoms with Crippen LogP contribution in [0.25, 0.3) is 11.1 Å². The molecule has 2 aliphatic rings. The van der Waals surface area contributed by atoms with Crippen molar-refractivity contribution in [1.82, 2.24) is 4.98 Å². The van der Waals surface area contributed by atoms with Crippen molar-refractivity contribution in [2.45, 2.75) is 56.6 Å². The van der Waals surface area contributed by atoms with Crippen molar-refractivity contribution in [2.75, 3.05) is 11.9 Å². The highest BCUT2D eigenvalue weighted by Crippen LogP contribution is 2.39. The summed E-state index contributed by atoms with van der Waals surface area (Å²) in [6, 6.07) is 8.96. The quantitative estimate of drug-likeness (QED) is 0.902. The van der Waals surface area contributed by atoms with Gasteiger partial charge in [0.1, 0.15) is 5.52 Å². The Kier molecular flexibility index (Phi) is 3.34. The molecule has 112 valence electrons. The smallest absolute Gasteiger partial charge is 0.295 e. The van der Waals surface area contributed by atoms with Crippen LogP contribution in [0.15, 0.2) is 28.7 Å². The topological polar surface area (TPSA) is 47.3 Å². The second-order valence-electron chi connectivity index (χ2n) is 6.41. The highest BCUT2D eigenvalue weighted by molar-refractivity contribution is 5.74. The molecule has 4 heteroatoms. The second-order valence-corrected chi connectivity index (χ2v) is 6.41. The number of hydrogen-bond donors (Lipinski definition) is 1. The van der Waals surface area contributed by atoms with Gasteiger partial charge in [0.25, 0.3) is 6.01 Å². The number of para-hydroxylation sites is 2. The van der Waals surface area contributed by atoms with Gasteiger partial charge in [0.15, 0.2) is 5.58 Å². The molecule has 1 saturated heterocycles. The van der Waals surface area contributed by atoms with E-state index in [4.69, 9.17) is 9.15 Å². The number of benzene rings is 1. The molecule has 0 radical (unpaired) electrons. The first-order chi connectivity index (χ1) is 10.3. The Morgan fingerprint density at radius 3 is 2.86 bits per heavy atom. The van der Waals surface area contributed by atoms with Gasteiger partial charge in [-0.1, -0.05) is 31.4 Å². The molecule has 0 amide bonds. The van der Waals surface area contributed by atoms with Gasteiger partial charge < -0.3 is 14.5 Å². The van der Waals surface area contributed by atoms with Crippen LogP contribution in [0.2, 0.25) is 0 Å². The zero-order valence-electron chi connectivity index (χ0n) is 12.3. The first kappa shape index (κ1) is 13.1. The monoisotopic (exact) mass is 286 g/mol. The number of nitrogens with zero attached hydrogens (tertiary/aromatic N) is 1. The van der Waals surface area contributed by atoms with Gasteiger partial charge in [-0.2, -0.15) is 4.98 Å². The van der Waals surface area contributed by atoms with Crippen molar-refractivity contribution in [3.63, 3.8) is 0 Å². The average molecular weight is 286 g/mol. The first-order valence-electron chi connectivity index (χ1n) is 8.09. The summed E-state index contributed by atoms with van der Waals surface area (Å²) in [6.45, 7) is 0.845. The Labute approximate surface area is 124 Å². The van der Waals surface area contributed by atoms with E-state index in [0.29, 0.717) is 12.1 Å². The van der Waals surface area contributed by atoms with Crippen LogP contribution < -0.4 is 5.32 Å². The fourth-order valence-corrected chi connectivity index (χ4v) is 3.80. The molecule has 1 aliphatic carbocycles. The predicted octanol–water partition coefficient (Wildman–Crippen LogP) is 4.12. The Bertz CT molecular complexity index is 578. The van der Waals surface area contributed by atoms with Crippen molar-refractivity contribution in [2.24, 2.45) is 0 Å². The summed E-state index contributed by atoms with van der Waals surface area (Å²) in [4.78, 5) is 4.52. The van der Waals surface area contributed by atoms with Crippen molar-refractivity contribution in [1.29, 1.82) is 0 Å². The number of hydrogen-bond acceptors (Lipinski definition) is 4. The molecule has 1 aromatic carbocycles. The van der Waals surface area contributed by atoms with E-state index < -0.39 is 0 Å². The third-order valence-electron chi connectivity index (χ3n) is 4.88. The lowest BCUT2D eigenvalue weighted by Gasteiger charge is -2.43. The summed E-state index contributed by atoms with van der Waals surface area (Å²) in [5, 5.41) is 3.48. The van der Waals surface area contributed by atoms with Crippen LogP contribution in [0.3, 0.4) is 0 Å². The van der Waals surface area contributed by atoms with E-state index in [1.54, 1.807) is 0 Å². The molecule has 2 fully saturated rings. The van der Waals surface area contributed by atoms with Crippen LogP contribution in [-0.4, -0.2) is 23.2 Å². The van der Waals surface area contributed by atoms with Crippen LogP contribution >= 0.6 is 0 Å². The minimum atomic E-state index is 0.111. The van der Waals surface area contributed by atoms with Crippen molar-refractivity contribution in [3.8, 4) is 0 Å². The Hall–Kier alpha value is -1.55. The van der Waals surface area contributed by atoms with Gasteiger partial charge in [-0.25, -0.2) is 0 Å². The van der Waals surface area contributed by atoms with E-state index in [9.17, 15) is 0 Å². The lowest BCUT2D eigenvalue weighted by Crippen LogP contribution is -2.45. The van der Waals surface area contributed by atoms with Gasteiger partial charge in [0.2, 0.25) is 0 Å². The SMILES string of the molecule is c1ccc2oc(NC3CCOC4(CCCCC4)C3)nc2c1. The number of oxazole rings is 1. The van der Waals surface area contributed by atoms with E-state index in [1.807, 2.05) is 24.3 Å². The molecule has 2 heterocycles. The van der Waals surface area contributed by atoms with Crippen molar-refractivity contribution >= 4 is 17.1 Å². The summed E-state index contributed by atoms with van der Waals surface area (Å²) in [5.41, 5.74) is 1.87. The number of aromatic nitrogens is 1. The van der Waals surface area contributed by atoms with E-state index in [-0.39, 0.29) is 5.60 Å². The van der Waals surface area contributed by atoms with Crippen LogP contribution in [0.1, 0.15) is 44.9 Å². The minimum Gasteiger partial charge on any atom is -0.424 e. The van der Waals surface area contributed by atoms with E-state index in [0.717, 1.165) is 30.5 Å². The molecule has 1 spiro atoms. The molecule has 1 saturated carbocycles. The number of ether oxygens (including phenoxy) is 1. The summed E-state index contributed by atoms with van der Waals surface area (Å²) in [5.74, 6) is 0. The van der Waals surface area contributed by atoms with Gasteiger partial charge >= 0.3 is 0 Å². The van der Waals surface area contributed by atoms with Gasteiger partial charge in [-0.05, 0) is 37.8 Å². The molecule has 21 heavy (non-hydrogen) atoms. The summed E-state index contributed by atoms with van der Waals surface area (Å²) >= 11 is 0. The highest BCUT2D eigenvalue weighted by atomic mass is 16.5. The average Bonchev–Trinajstić information content (AvgIpc) is 2.90. The molecule has 1 atom stereocenters. The molecular weight excluding hydrogens is 264 g/mol. The van der Waals surface area contributed by atoms with E-state index in [1.165, 1.54) is 32.1 Å². The zero-order chi connectivity index (χ0) is 14.1. The normalized spacial score (nSPS) is 25.2. The molecule has 2 aromatic rings. The molecule has 1 aromatic heterocycles. The second kappa shape index (κ2) is 5.34. The number of fused-ring (bicyclic) bond motifs is 1. The first-order valence-corrected chi connectivity index (χ1v) is 8.09. The lowest BCUT2D eigenvalue weighted by molar-refractivity contribution is -0.103. The maximum Gasteiger partial charge on any atom is 0.295 e. The molecule has 1 aliphatic heterocycles. The zero-order valence-corrected chi connectivity index (χ0v) is 12.3. The maximum atomic E-state index is 6.14. The molecule has 0 bridgehead atoms.